The summed E-state index contributed by atoms with van der Waals surface area (Å²) in [4.78, 5) is 21.0. The van der Waals surface area contributed by atoms with Crippen LogP contribution in [0.2, 0.25) is 0 Å². The molecule has 0 bridgehead atoms. The lowest BCUT2D eigenvalue weighted by atomic mass is 9.93. The average molecular weight is 433 g/mol. The number of anilines is 2. The molecule has 0 amide bonds. The van der Waals surface area contributed by atoms with Gasteiger partial charge in [0.25, 0.3) is 0 Å². The topological polar surface area (TPSA) is 88.9 Å². The van der Waals surface area contributed by atoms with Crippen molar-refractivity contribution in [3.8, 4) is 17.1 Å². The van der Waals surface area contributed by atoms with E-state index in [1.165, 1.54) is 5.56 Å². The first-order valence-electron chi connectivity index (χ1n) is 11.1. The molecule has 8 heteroatoms. The highest BCUT2D eigenvalue weighted by Gasteiger charge is 2.30. The van der Waals surface area contributed by atoms with E-state index in [4.69, 9.17) is 15.0 Å². The SMILES string of the molecule is CN1CCN(c2nc(-c3cccc(O)c3)nc(N3CCc4ccccc4[C@H]3CO)n2)CC1. The Bertz CT molecular complexity index is 1100. The Balaban J connectivity index is 1.58. The summed E-state index contributed by atoms with van der Waals surface area (Å²) in [7, 11) is 2.12. The minimum atomic E-state index is -0.209. The number of aromatic nitrogens is 3. The Morgan fingerprint density at radius 3 is 2.47 bits per heavy atom. The molecule has 2 aliphatic heterocycles. The van der Waals surface area contributed by atoms with Crippen molar-refractivity contribution < 1.29 is 10.2 Å². The van der Waals surface area contributed by atoms with Crippen molar-refractivity contribution in [1.82, 2.24) is 19.9 Å². The highest BCUT2D eigenvalue weighted by Crippen LogP contribution is 2.33. The van der Waals surface area contributed by atoms with Gasteiger partial charge in [0.05, 0.1) is 12.6 Å². The second-order valence-corrected chi connectivity index (χ2v) is 8.44. The Hall–Kier alpha value is -3.23. The fraction of sp³-hybridized carbons (Fsp3) is 0.375. The van der Waals surface area contributed by atoms with Gasteiger partial charge < -0.3 is 24.9 Å². The summed E-state index contributed by atoms with van der Waals surface area (Å²) in [5.41, 5.74) is 3.10. The molecular weight excluding hydrogens is 404 g/mol. The molecule has 8 nitrogen and oxygen atoms in total. The molecule has 2 N–H and O–H groups in total. The van der Waals surface area contributed by atoms with E-state index < -0.39 is 0 Å². The molecule has 0 radical (unpaired) electrons. The fourth-order valence-electron chi connectivity index (χ4n) is 4.49. The molecule has 3 heterocycles. The number of rotatable bonds is 4. The normalized spacial score (nSPS) is 19.1. The lowest BCUT2D eigenvalue weighted by Gasteiger charge is -2.37. The molecule has 3 aromatic rings. The Morgan fingerprint density at radius 1 is 0.906 bits per heavy atom. The largest absolute Gasteiger partial charge is 0.508 e. The molecule has 0 unspecified atom stereocenters. The number of phenolic OH excluding ortho intramolecular Hbond substituents is 1. The zero-order valence-corrected chi connectivity index (χ0v) is 18.2. The van der Waals surface area contributed by atoms with Crippen molar-refractivity contribution in [1.29, 1.82) is 0 Å². The number of nitrogens with zero attached hydrogens (tertiary/aromatic N) is 6. The van der Waals surface area contributed by atoms with Gasteiger partial charge in [0.1, 0.15) is 5.75 Å². The average Bonchev–Trinajstić information content (AvgIpc) is 2.83. The number of hydrogen-bond donors (Lipinski definition) is 2. The summed E-state index contributed by atoms with van der Waals surface area (Å²) in [6.07, 6.45) is 0.865. The summed E-state index contributed by atoms with van der Waals surface area (Å²) in [6, 6.07) is 15.0. The summed E-state index contributed by atoms with van der Waals surface area (Å²) in [5, 5.41) is 20.3. The Labute approximate surface area is 187 Å². The summed E-state index contributed by atoms with van der Waals surface area (Å²) in [6.45, 7) is 4.26. The van der Waals surface area contributed by atoms with Crippen LogP contribution in [-0.2, 0) is 6.42 Å². The summed E-state index contributed by atoms with van der Waals surface area (Å²) >= 11 is 0. The van der Waals surface area contributed by atoms with E-state index in [0.717, 1.165) is 43.7 Å². The fourth-order valence-corrected chi connectivity index (χ4v) is 4.49. The zero-order valence-electron chi connectivity index (χ0n) is 18.2. The molecule has 32 heavy (non-hydrogen) atoms. The molecule has 0 saturated carbocycles. The second-order valence-electron chi connectivity index (χ2n) is 8.44. The maximum atomic E-state index is 10.3. The van der Waals surface area contributed by atoms with E-state index in [2.05, 4.69) is 33.9 Å². The van der Waals surface area contributed by atoms with E-state index in [1.807, 2.05) is 18.2 Å². The second kappa shape index (κ2) is 8.72. The van der Waals surface area contributed by atoms with E-state index >= 15 is 0 Å². The maximum absolute atomic E-state index is 10.3. The van der Waals surface area contributed by atoms with Gasteiger partial charge in [0, 0.05) is 38.3 Å². The van der Waals surface area contributed by atoms with Gasteiger partial charge >= 0.3 is 0 Å². The molecule has 1 aromatic heterocycles. The number of aliphatic hydroxyl groups is 1. The van der Waals surface area contributed by atoms with Crippen LogP contribution in [0.3, 0.4) is 0 Å². The molecule has 0 aliphatic carbocycles. The third-order valence-electron chi connectivity index (χ3n) is 6.34. The first kappa shape index (κ1) is 20.7. The van der Waals surface area contributed by atoms with Crippen LogP contribution >= 0.6 is 0 Å². The van der Waals surface area contributed by atoms with Crippen molar-refractivity contribution in [2.75, 3.05) is 56.2 Å². The van der Waals surface area contributed by atoms with Crippen LogP contribution < -0.4 is 9.80 Å². The Kier molecular flexibility index (Phi) is 5.63. The summed E-state index contributed by atoms with van der Waals surface area (Å²) in [5.74, 6) is 1.89. The van der Waals surface area contributed by atoms with E-state index in [9.17, 15) is 10.2 Å². The number of phenols is 1. The van der Waals surface area contributed by atoms with Gasteiger partial charge in [-0.25, -0.2) is 0 Å². The molecule has 5 rings (SSSR count). The molecule has 1 atom stereocenters. The van der Waals surface area contributed by atoms with Gasteiger partial charge in [0.15, 0.2) is 5.82 Å². The number of benzene rings is 2. The molecular formula is C24H28N6O2. The van der Waals surface area contributed by atoms with Gasteiger partial charge in [-0.05, 0) is 36.7 Å². The van der Waals surface area contributed by atoms with Gasteiger partial charge in [-0.15, -0.1) is 0 Å². The minimum Gasteiger partial charge on any atom is -0.508 e. The highest BCUT2D eigenvalue weighted by molar-refractivity contribution is 5.61. The van der Waals surface area contributed by atoms with Gasteiger partial charge in [-0.3, -0.25) is 0 Å². The van der Waals surface area contributed by atoms with Crippen LogP contribution in [-0.4, -0.2) is 76.4 Å². The zero-order chi connectivity index (χ0) is 22.1. The van der Waals surface area contributed by atoms with Crippen molar-refractivity contribution in [2.24, 2.45) is 0 Å². The third kappa shape index (κ3) is 3.99. The summed E-state index contributed by atoms with van der Waals surface area (Å²) < 4.78 is 0. The van der Waals surface area contributed by atoms with Gasteiger partial charge in [0.2, 0.25) is 11.9 Å². The molecule has 2 aromatic carbocycles. The van der Waals surface area contributed by atoms with Gasteiger partial charge in [-0.1, -0.05) is 36.4 Å². The van der Waals surface area contributed by atoms with Crippen LogP contribution in [0.4, 0.5) is 11.9 Å². The Morgan fingerprint density at radius 2 is 1.69 bits per heavy atom. The first-order valence-corrected chi connectivity index (χ1v) is 11.1. The highest BCUT2D eigenvalue weighted by atomic mass is 16.3. The molecule has 1 saturated heterocycles. The van der Waals surface area contributed by atoms with Crippen molar-refractivity contribution >= 4 is 11.9 Å². The predicted molar refractivity (Wildman–Crippen MR) is 124 cm³/mol. The number of hydrogen-bond acceptors (Lipinski definition) is 8. The standard InChI is InChI=1S/C24H28N6O2/c1-28-11-13-29(14-12-28)23-25-22(18-6-4-7-19(32)15-18)26-24(27-23)30-10-9-17-5-2-3-8-20(17)21(30)16-31/h2-8,15,21,31-32H,9-14,16H2,1H3/t21-/m1/s1. The van der Waals surface area contributed by atoms with Crippen LogP contribution in [0, 0.1) is 0 Å². The van der Waals surface area contributed by atoms with Crippen LogP contribution in [0.5, 0.6) is 5.75 Å². The third-order valence-corrected chi connectivity index (χ3v) is 6.34. The molecule has 1 fully saturated rings. The smallest absolute Gasteiger partial charge is 0.231 e. The lowest BCUT2D eigenvalue weighted by molar-refractivity contribution is 0.256. The van der Waals surface area contributed by atoms with E-state index in [1.54, 1.807) is 18.2 Å². The number of aliphatic hydroxyl groups excluding tert-OH is 1. The molecule has 0 spiro atoms. The number of aromatic hydroxyl groups is 1. The molecule has 166 valence electrons. The van der Waals surface area contributed by atoms with Crippen LogP contribution in [0.1, 0.15) is 17.2 Å². The number of piperazine rings is 1. The quantitative estimate of drug-likeness (QED) is 0.648. The minimum absolute atomic E-state index is 0.0198. The van der Waals surface area contributed by atoms with E-state index in [0.29, 0.717) is 24.3 Å². The number of fused-ring (bicyclic) bond motifs is 1. The van der Waals surface area contributed by atoms with Crippen LogP contribution in [0.15, 0.2) is 48.5 Å². The maximum Gasteiger partial charge on any atom is 0.231 e. The van der Waals surface area contributed by atoms with Crippen molar-refractivity contribution in [2.45, 2.75) is 12.5 Å². The predicted octanol–water partition coefficient (Wildman–Crippen LogP) is 2.09. The van der Waals surface area contributed by atoms with E-state index in [-0.39, 0.29) is 18.4 Å². The monoisotopic (exact) mass is 432 g/mol. The van der Waals surface area contributed by atoms with Gasteiger partial charge in [-0.2, -0.15) is 15.0 Å². The first-order chi connectivity index (χ1) is 15.6. The van der Waals surface area contributed by atoms with Crippen LogP contribution in [0.25, 0.3) is 11.4 Å². The number of likely N-dealkylation sites (N-methyl/N-ethyl adjacent to an activating group) is 1. The van der Waals surface area contributed by atoms with Crippen molar-refractivity contribution in [3.05, 3.63) is 59.7 Å². The molecule has 2 aliphatic rings. The lowest BCUT2D eigenvalue weighted by Crippen LogP contribution is -2.45. The van der Waals surface area contributed by atoms with Crippen molar-refractivity contribution in [3.63, 3.8) is 0 Å².